The van der Waals surface area contributed by atoms with Crippen LogP contribution in [0.2, 0.25) is 0 Å². The van der Waals surface area contributed by atoms with E-state index in [4.69, 9.17) is 4.42 Å². The van der Waals surface area contributed by atoms with Gasteiger partial charge in [0.1, 0.15) is 5.76 Å². The van der Waals surface area contributed by atoms with Crippen molar-refractivity contribution in [2.24, 2.45) is 0 Å². The third-order valence-electron chi connectivity index (χ3n) is 4.85. The molecule has 3 rings (SSSR count). The number of furan rings is 1. The van der Waals surface area contributed by atoms with Gasteiger partial charge >= 0.3 is 0 Å². The van der Waals surface area contributed by atoms with Gasteiger partial charge in [0, 0.05) is 29.0 Å². The Labute approximate surface area is 192 Å². The average Bonchev–Trinajstić information content (AvgIpc) is 3.36. The summed E-state index contributed by atoms with van der Waals surface area (Å²) in [7, 11) is 0. The van der Waals surface area contributed by atoms with E-state index in [0.717, 1.165) is 18.5 Å². The zero-order valence-corrected chi connectivity index (χ0v) is 18.5. The summed E-state index contributed by atoms with van der Waals surface area (Å²) in [4.78, 5) is 36.5. The first-order valence-corrected chi connectivity index (χ1v) is 10.9. The highest BCUT2D eigenvalue weighted by Gasteiger charge is 2.08. The number of benzene rings is 2. The van der Waals surface area contributed by atoms with Crippen LogP contribution in [0, 0.1) is 0 Å². The topological polar surface area (TPSA) is 112 Å². The molecule has 1 aromatic heterocycles. The second kappa shape index (κ2) is 12.1. The molecule has 0 fully saturated rings. The Hall–Kier alpha value is -4.07. The maximum atomic E-state index is 12.2. The van der Waals surface area contributed by atoms with Crippen molar-refractivity contribution < 1.29 is 18.8 Å². The lowest BCUT2D eigenvalue weighted by Crippen LogP contribution is -2.24. The fraction of sp³-hybridized carbons (Fsp3) is 0.240. The van der Waals surface area contributed by atoms with Gasteiger partial charge < -0.3 is 25.7 Å². The maximum absolute atomic E-state index is 12.2. The lowest BCUT2D eigenvalue weighted by molar-refractivity contribution is -0.114. The summed E-state index contributed by atoms with van der Waals surface area (Å²) >= 11 is 0. The van der Waals surface area contributed by atoms with E-state index >= 15 is 0 Å². The Bertz CT molecular complexity index is 1050. The Kier molecular flexibility index (Phi) is 8.64. The molecule has 3 amide bonds. The molecular formula is C25H28N4O4. The minimum Gasteiger partial charge on any atom is -0.467 e. The first-order valence-electron chi connectivity index (χ1n) is 10.9. The van der Waals surface area contributed by atoms with E-state index < -0.39 is 0 Å². The monoisotopic (exact) mass is 448 g/mol. The molecule has 0 bridgehead atoms. The van der Waals surface area contributed by atoms with Gasteiger partial charge in [0.2, 0.25) is 5.91 Å². The average molecular weight is 449 g/mol. The van der Waals surface area contributed by atoms with Crippen molar-refractivity contribution in [1.29, 1.82) is 0 Å². The van der Waals surface area contributed by atoms with Crippen molar-refractivity contribution in [1.82, 2.24) is 10.6 Å². The Morgan fingerprint density at radius 1 is 0.818 bits per heavy atom. The lowest BCUT2D eigenvalue weighted by atomic mass is 10.2. The molecule has 0 atom stereocenters. The Balaban J connectivity index is 1.42. The third kappa shape index (κ3) is 7.53. The molecule has 0 radical (unpaired) electrons. The lowest BCUT2D eigenvalue weighted by Gasteiger charge is -2.10. The molecule has 8 nitrogen and oxygen atoms in total. The summed E-state index contributed by atoms with van der Waals surface area (Å²) in [5.41, 5.74) is 2.38. The number of anilines is 2. The Morgan fingerprint density at radius 3 is 2.06 bits per heavy atom. The van der Waals surface area contributed by atoms with Gasteiger partial charge in [-0.1, -0.05) is 13.3 Å². The molecule has 0 aliphatic heterocycles. The van der Waals surface area contributed by atoms with Crippen molar-refractivity contribution >= 4 is 29.1 Å². The van der Waals surface area contributed by atoms with E-state index in [1.54, 1.807) is 66.9 Å². The molecule has 8 heteroatoms. The van der Waals surface area contributed by atoms with Crippen LogP contribution in [0.5, 0.6) is 0 Å². The summed E-state index contributed by atoms with van der Waals surface area (Å²) in [5, 5.41) is 11.4. The van der Waals surface area contributed by atoms with Gasteiger partial charge in [-0.15, -0.1) is 0 Å². The fourth-order valence-electron chi connectivity index (χ4n) is 3.00. The van der Waals surface area contributed by atoms with Crippen LogP contribution in [0.1, 0.15) is 46.2 Å². The molecule has 3 aromatic rings. The van der Waals surface area contributed by atoms with Crippen LogP contribution in [-0.4, -0.2) is 30.8 Å². The first kappa shape index (κ1) is 23.6. The van der Waals surface area contributed by atoms with Crippen LogP contribution in [0.25, 0.3) is 0 Å². The van der Waals surface area contributed by atoms with E-state index in [2.05, 4.69) is 28.2 Å². The highest BCUT2D eigenvalue weighted by molar-refractivity contribution is 5.97. The second-order valence-electron chi connectivity index (χ2n) is 7.43. The maximum Gasteiger partial charge on any atom is 0.251 e. The largest absolute Gasteiger partial charge is 0.467 e. The summed E-state index contributed by atoms with van der Waals surface area (Å²) < 4.78 is 5.19. The molecule has 2 aromatic carbocycles. The first-order chi connectivity index (χ1) is 16.0. The van der Waals surface area contributed by atoms with Crippen molar-refractivity contribution in [2.45, 2.75) is 26.3 Å². The minimum atomic E-state index is -0.230. The van der Waals surface area contributed by atoms with Crippen LogP contribution in [0.3, 0.4) is 0 Å². The molecule has 33 heavy (non-hydrogen) atoms. The molecule has 0 spiro atoms. The predicted octanol–water partition coefficient (Wildman–Crippen LogP) is 3.79. The van der Waals surface area contributed by atoms with E-state index in [1.807, 2.05) is 0 Å². The number of nitrogens with one attached hydrogen (secondary N) is 4. The van der Waals surface area contributed by atoms with Crippen LogP contribution in [0.4, 0.5) is 11.4 Å². The van der Waals surface area contributed by atoms with E-state index in [-0.39, 0.29) is 24.3 Å². The highest BCUT2D eigenvalue weighted by Crippen LogP contribution is 2.12. The quantitative estimate of drug-likeness (QED) is 0.334. The molecule has 0 aliphatic rings. The zero-order chi connectivity index (χ0) is 23.5. The molecule has 172 valence electrons. The number of carbonyl (C=O) groups is 3. The third-order valence-corrected chi connectivity index (χ3v) is 4.85. The van der Waals surface area contributed by atoms with Crippen molar-refractivity contribution in [2.75, 3.05) is 23.7 Å². The van der Waals surface area contributed by atoms with Crippen molar-refractivity contribution in [3.8, 4) is 0 Å². The van der Waals surface area contributed by atoms with Gasteiger partial charge in [0.25, 0.3) is 11.8 Å². The summed E-state index contributed by atoms with van der Waals surface area (Å²) in [5.74, 6) is 0.107. The van der Waals surface area contributed by atoms with Gasteiger partial charge in [-0.25, -0.2) is 0 Å². The Morgan fingerprint density at radius 2 is 1.45 bits per heavy atom. The van der Waals surface area contributed by atoms with Crippen molar-refractivity contribution in [3.05, 3.63) is 83.8 Å². The standard InChI is InChI=1S/C25H28N4O4/c1-2-3-14-26-24(31)18-6-10-20(11-7-18)27-17-23(30)29-21-12-8-19(9-13-21)25(32)28-16-22-5-4-15-33-22/h4-13,15,27H,2-3,14,16-17H2,1H3,(H,26,31)(H,28,32)(H,29,30). The molecule has 1 heterocycles. The normalized spacial score (nSPS) is 10.3. The smallest absolute Gasteiger partial charge is 0.251 e. The number of carbonyl (C=O) groups excluding carboxylic acids is 3. The van der Waals surface area contributed by atoms with Gasteiger partial charge in [0.05, 0.1) is 19.4 Å². The van der Waals surface area contributed by atoms with Gasteiger partial charge in [-0.2, -0.15) is 0 Å². The second-order valence-corrected chi connectivity index (χ2v) is 7.43. The summed E-state index contributed by atoms with van der Waals surface area (Å²) in [6.45, 7) is 3.10. The van der Waals surface area contributed by atoms with Crippen LogP contribution in [-0.2, 0) is 11.3 Å². The molecule has 0 aliphatic carbocycles. The number of amides is 3. The van der Waals surface area contributed by atoms with E-state index in [9.17, 15) is 14.4 Å². The van der Waals surface area contributed by atoms with E-state index in [0.29, 0.717) is 35.7 Å². The van der Waals surface area contributed by atoms with Gasteiger partial charge in [-0.05, 0) is 67.1 Å². The predicted molar refractivity (Wildman–Crippen MR) is 127 cm³/mol. The number of hydrogen-bond acceptors (Lipinski definition) is 5. The van der Waals surface area contributed by atoms with E-state index in [1.165, 1.54) is 0 Å². The molecule has 0 saturated carbocycles. The van der Waals surface area contributed by atoms with Crippen LogP contribution < -0.4 is 21.3 Å². The van der Waals surface area contributed by atoms with Gasteiger partial charge in [0.15, 0.2) is 0 Å². The minimum absolute atomic E-state index is 0.0629. The zero-order valence-electron chi connectivity index (χ0n) is 18.5. The SMILES string of the molecule is CCCCNC(=O)c1ccc(NCC(=O)Nc2ccc(C(=O)NCc3ccco3)cc2)cc1. The van der Waals surface area contributed by atoms with Gasteiger partial charge in [-0.3, -0.25) is 14.4 Å². The van der Waals surface area contributed by atoms with Crippen LogP contribution in [0.15, 0.2) is 71.3 Å². The number of hydrogen-bond donors (Lipinski definition) is 4. The number of rotatable bonds is 11. The molecule has 4 N–H and O–H groups in total. The summed E-state index contributed by atoms with van der Waals surface area (Å²) in [6.07, 6.45) is 3.52. The van der Waals surface area contributed by atoms with Crippen LogP contribution >= 0.6 is 0 Å². The molecule has 0 saturated heterocycles. The number of unbranched alkanes of at least 4 members (excludes halogenated alkanes) is 1. The summed E-state index contributed by atoms with van der Waals surface area (Å²) in [6, 6.07) is 17.1. The highest BCUT2D eigenvalue weighted by atomic mass is 16.3. The fourth-order valence-corrected chi connectivity index (χ4v) is 3.00. The molecule has 0 unspecified atom stereocenters. The van der Waals surface area contributed by atoms with Crippen molar-refractivity contribution in [3.63, 3.8) is 0 Å². The molecular weight excluding hydrogens is 420 g/mol.